The highest BCUT2D eigenvalue weighted by atomic mass is 16.6. The van der Waals surface area contributed by atoms with Gasteiger partial charge in [0.05, 0.1) is 11.5 Å². The van der Waals surface area contributed by atoms with Crippen LogP contribution < -0.4 is 10.1 Å². The van der Waals surface area contributed by atoms with Crippen LogP contribution in [0.25, 0.3) is 11.1 Å². The van der Waals surface area contributed by atoms with E-state index in [0.717, 1.165) is 64.1 Å². The van der Waals surface area contributed by atoms with Crippen molar-refractivity contribution in [2.45, 2.75) is 51.0 Å². The van der Waals surface area contributed by atoms with Gasteiger partial charge in [-0.1, -0.05) is 54.6 Å². The second kappa shape index (κ2) is 13.6. The normalized spacial score (nSPS) is 16.9. The maximum Gasteiger partial charge on any atom is 0.311 e. The predicted octanol–water partition coefficient (Wildman–Crippen LogP) is 6.33. The lowest BCUT2D eigenvalue weighted by Gasteiger charge is -2.35. The minimum absolute atomic E-state index is 0.0282. The molecule has 41 heavy (non-hydrogen) atoms. The molecule has 0 radical (unpaired) electrons. The SMILES string of the molecule is CCOc1cc(NC2CCN(C(=O)CCN3CCC(c4ccc(-c5ccccc5)cc4)CC3)CC2)ccc1[N+](=O)[O-]. The van der Waals surface area contributed by atoms with E-state index >= 15 is 0 Å². The minimum Gasteiger partial charge on any atom is -0.487 e. The standard InChI is InChI=1S/C33H40N4O4/c1-2-41-32-24-30(12-13-31(32)37(39)40)34-29-16-22-36(23-17-29)33(38)18-21-35-19-14-28(15-20-35)27-10-8-26(9-11-27)25-6-4-3-5-7-25/h3-13,24,28-29,34H,2,14-23H2,1H3. The van der Waals surface area contributed by atoms with Gasteiger partial charge in [-0.2, -0.15) is 0 Å². The molecule has 0 aromatic heterocycles. The molecule has 216 valence electrons. The zero-order chi connectivity index (χ0) is 28.6. The summed E-state index contributed by atoms with van der Waals surface area (Å²) >= 11 is 0. The van der Waals surface area contributed by atoms with Crippen LogP contribution in [0.5, 0.6) is 5.75 Å². The number of nitro benzene ring substituents is 1. The van der Waals surface area contributed by atoms with E-state index in [-0.39, 0.29) is 23.4 Å². The molecule has 8 nitrogen and oxygen atoms in total. The van der Waals surface area contributed by atoms with Crippen LogP contribution in [0, 0.1) is 10.1 Å². The van der Waals surface area contributed by atoms with Crippen molar-refractivity contribution >= 4 is 17.3 Å². The van der Waals surface area contributed by atoms with E-state index < -0.39 is 4.92 Å². The molecule has 2 aliphatic rings. The highest BCUT2D eigenvalue weighted by molar-refractivity contribution is 5.76. The Kier molecular flexibility index (Phi) is 9.51. The van der Waals surface area contributed by atoms with Gasteiger partial charge >= 0.3 is 5.69 Å². The first-order valence-electron chi connectivity index (χ1n) is 14.8. The van der Waals surface area contributed by atoms with Crippen molar-refractivity contribution in [1.29, 1.82) is 0 Å². The van der Waals surface area contributed by atoms with Gasteiger partial charge in [0.15, 0.2) is 5.75 Å². The number of carbonyl (C=O) groups excluding carboxylic acids is 1. The summed E-state index contributed by atoms with van der Waals surface area (Å²) in [5.41, 5.74) is 4.70. The second-order valence-corrected chi connectivity index (χ2v) is 11.0. The molecule has 1 N–H and O–H groups in total. The van der Waals surface area contributed by atoms with Crippen molar-refractivity contribution < 1.29 is 14.5 Å². The third-order valence-corrected chi connectivity index (χ3v) is 8.39. The van der Waals surface area contributed by atoms with Gasteiger partial charge in [-0.25, -0.2) is 0 Å². The number of nitro groups is 1. The Morgan fingerprint density at radius 1 is 0.927 bits per heavy atom. The molecule has 2 fully saturated rings. The Balaban J connectivity index is 1.02. The Labute approximate surface area is 242 Å². The van der Waals surface area contributed by atoms with Crippen LogP contribution in [0.4, 0.5) is 11.4 Å². The number of benzene rings is 3. The number of hydrogen-bond acceptors (Lipinski definition) is 6. The largest absolute Gasteiger partial charge is 0.487 e. The summed E-state index contributed by atoms with van der Waals surface area (Å²) in [5, 5.41) is 14.7. The lowest BCUT2D eigenvalue weighted by Crippen LogP contribution is -2.43. The number of anilines is 1. The van der Waals surface area contributed by atoms with Crippen LogP contribution in [0.1, 0.15) is 50.5 Å². The number of piperidine rings is 2. The number of nitrogens with zero attached hydrogens (tertiary/aromatic N) is 3. The van der Waals surface area contributed by atoms with Gasteiger partial charge in [-0.15, -0.1) is 0 Å². The first kappa shape index (κ1) is 28.6. The minimum atomic E-state index is -0.425. The van der Waals surface area contributed by atoms with E-state index in [1.807, 2.05) is 17.9 Å². The average Bonchev–Trinajstić information content (AvgIpc) is 3.01. The summed E-state index contributed by atoms with van der Waals surface area (Å²) in [7, 11) is 0. The maximum absolute atomic E-state index is 13.0. The van der Waals surface area contributed by atoms with Gasteiger partial charge in [0, 0.05) is 49.9 Å². The topological polar surface area (TPSA) is 88.0 Å². The number of rotatable bonds is 10. The molecule has 0 aliphatic carbocycles. The van der Waals surface area contributed by atoms with Crippen LogP contribution in [0.15, 0.2) is 72.8 Å². The van der Waals surface area contributed by atoms with E-state index in [9.17, 15) is 14.9 Å². The number of amides is 1. The number of ether oxygens (including phenoxy) is 1. The van der Waals surface area contributed by atoms with Gasteiger partial charge in [0.25, 0.3) is 0 Å². The van der Waals surface area contributed by atoms with Crippen molar-refractivity contribution in [2.24, 2.45) is 0 Å². The fourth-order valence-corrected chi connectivity index (χ4v) is 6.01. The Bertz CT molecular complexity index is 1300. The summed E-state index contributed by atoms with van der Waals surface area (Å²) in [6, 6.07) is 24.6. The third kappa shape index (κ3) is 7.44. The molecule has 0 saturated carbocycles. The van der Waals surface area contributed by atoms with E-state index in [0.29, 0.717) is 18.9 Å². The first-order chi connectivity index (χ1) is 20.0. The molecule has 3 aromatic carbocycles. The lowest BCUT2D eigenvalue weighted by atomic mass is 9.88. The Morgan fingerprint density at radius 3 is 2.27 bits per heavy atom. The summed E-state index contributed by atoms with van der Waals surface area (Å²) in [6.45, 7) is 6.51. The monoisotopic (exact) mass is 556 g/mol. The van der Waals surface area contributed by atoms with E-state index in [1.165, 1.54) is 22.8 Å². The number of likely N-dealkylation sites (tertiary alicyclic amines) is 2. The highest BCUT2D eigenvalue weighted by Crippen LogP contribution is 2.32. The average molecular weight is 557 g/mol. The third-order valence-electron chi connectivity index (χ3n) is 8.39. The molecule has 2 heterocycles. The maximum atomic E-state index is 13.0. The first-order valence-corrected chi connectivity index (χ1v) is 14.8. The fourth-order valence-electron chi connectivity index (χ4n) is 6.01. The van der Waals surface area contributed by atoms with E-state index in [2.05, 4.69) is 58.7 Å². The fraction of sp³-hybridized carbons (Fsp3) is 0.424. The zero-order valence-corrected chi connectivity index (χ0v) is 23.8. The zero-order valence-electron chi connectivity index (χ0n) is 23.8. The summed E-state index contributed by atoms with van der Waals surface area (Å²) in [5.74, 6) is 1.09. The number of carbonyl (C=O) groups is 1. The molecule has 0 unspecified atom stereocenters. The molecule has 8 heteroatoms. The number of hydrogen-bond donors (Lipinski definition) is 1. The molecular weight excluding hydrogens is 516 g/mol. The van der Waals surface area contributed by atoms with Gasteiger partial charge in [0.2, 0.25) is 5.91 Å². The predicted molar refractivity (Wildman–Crippen MR) is 162 cm³/mol. The highest BCUT2D eigenvalue weighted by Gasteiger charge is 2.25. The second-order valence-electron chi connectivity index (χ2n) is 11.0. The van der Waals surface area contributed by atoms with Crippen LogP contribution in [-0.4, -0.2) is 66.0 Å². The quantitative estimate of drug-likeness (QED) is 0.232. The van der Waals surface area contributed by atoms with Gasteiger partial charge < -0.3 is 19.9 Å². The number of nitrogens with one attached hydrogen (secondary N) is 1. The molecule has 5 rings (SSSR count). The molecule has 1 amide bonds. The molecule has 2 aliphatic heterocycles. The van der Waals surface area contributed by atoms with Crippen LogP contribution in [0.3, 0.4) is 0 Å². The molecule has 0 spiro atoms. The van der Waals surface area contributed by atoms with Crippen molar-refractivity contribution in [3.63, 3.8) is 0 Å². The summed E-state index contributed by atoms with van der Waals surface area (Å²) in [4.78, 5) is 28.2. The van der Waals surface area contributed by atoms with Crippen LogP contribution >= 0.6 is 0 Å². The van der Waals surface area contributed by atoms with Crippen molar-refractivity contribution in [3.05, 3.63) is 88.5 Å². The van der Waals surface area contributed by atoms with Gasteiger partial charge in [-0.05, 0) is 74.4 Å². The Hall–Kier alpha value is -3.91. The van der Waals surface area contributed by atoms with Gasteiger partial charge in [0.1, 0.15) is 0 Å². The molecule has 3 aromatic rings. The molecular formula is C33H40N4O4. The molecule has 0 bridgehead atoms. The van der Waals surface area contributed by atoms with E-state index in [1.54, 1.807) is 12.1 Å². The molecule has 2 saturated heterocycles. The lowest BCUT2D eigenvalue weighted by molar-refractivity contribution is -0.385. The van der Waals surface area contributed by atoms with Crippen LogP contribution in [0.2, 0.25) is 0 Å². The van der Waals surface area contributed by atoms with Crippen molar-refractivity contribution in [3.8, 4) is 16.9 Å². The van der Waals surface area contributed by atoms with Crippen molar-refractivity contribution in [1.82, 2.24) is 9.80 Å². The van der Waals surface area contributed by atoms with E-state index in [4.69, 9.17) is 4.74 Å². The van der Waals surface area contributed by atoms with Crippen molar-refractivity contribution in [2.75, 3.05) is 44.6 Å². The summed E-state index contributed by atoms with van der Waals surface area (Å²) < 4.78 is 5.46. The Morgan fingerprint density at radius 2 is 1.61 bits per heavy atom. The summed E-state index contributed by atoms with van der Waals surface area (Å²) in [6.07, 6.45) is 4.52. The molecule has 0 atom stereocenters. The van der Waals surface area contributed by atoms with Gasteiger partial charge in [-0.3, -0.25) is 14.9 Å². The smallest absolute Gasteiger partial charge is 0.311 e. The van der Waals surface area contributed by atoms with Crippen LogP contribution in [-0.2, 0) is 4.79 Å².